The summed E-state index contributed by atoms with van der Waals surface area (Å²) in [6.07, 6.45) is 2.14. The molecular weight excluding hydrogens is 182 g/mol. The molecule has 1 aliphatic carbocycles. The predicted octanol–water partition coefficient (Wildman–Crippen LogP) is 1.45. The van der Waals surface area contributed by atoms with Crippen LogP contribution in [0.15, 0.2) is 5.38 Å². The van der Waals surface area contributed by atoms with Gasteiger partial charge in [-0.05, 0) is 29.3 Å². The Bertz CT molecular complexity index is 281. The zero-order valence-electron chi connectivity index (χ0n) is 8.03. The highest BCUT2D eigenvalue weighted by molar-refractivity contribution is 7.03. The molecule has 0 aliphatic heterocycles. The highest BCUT2D eigenvalue weighted by atomic mass is 32.1. The maximum Gasteiger partial charge on any atom is 0.0771 e. The topological polar surface area (TPSA) is 51.8 Å². The Labute approximate surface area is 82.5 Å². The van der Waals surface area contributed by atoms with Gasteiger partial charge in [-0.3, -0.25) is 0 Å². The summed E-state index contributed by atoms with van der Waals surface area (Å²) in [6, 6.07) is 0.263. The van der Waals surface area contributed by atoms with Gasteiger partial charge in [0.2, 0.25) is 0 Å². The maximum atomic E-state index is 6.08. The molecule has 2 N–H and O–H groups in total. The molecule has 0 saturated heterocycles. The lowest BCUT2D eigenvalue weighted by atomic mass is 10.0. The Morgan fingerprint density at radius 1 is 1.77 bits per heavy atom. The van der Waals surface area contributed by atoms with Crippen LogP contribution < -0.4 is 5.73 Å². The van der Waals surface area contributed by atoms with E-state index in [2.05, 4.69) is 23.4 Å². The normalized spacial score (nSPS) is 27.2. The zero-order valence-corrected chi connectivity index (χ0v) is 8.84. The molecule has 1 fully saturated rings. The largest absolute Gasteiger partial charge is 0.327 e. The van der Waals surface area contributed by atoms with Crippen molar-refractivity contribution in [3.05, 3.63) is 11.1 Å². The number of hydrogen-bond acceptors (Lipinski definition) is 4. The summed E-state index contributed by atoms with van der Waals surface area (Å²) in [5, 5.41) is 5.98. The fraction of sp³-hybridized carbons (Fsp3) is 0.778. The van der Waals surface area contributed by atoms with Crippen molar-refractivity contribution in [2.75, 3.05) is 0 Å². The lowest BCUT2D eigenvalue weighted by Gasteiger charge is -2.11. The van der Waals surface area contributed by atoms with Crippen LogP contribution in [0.25, 0.3) is 0 Å². The minimum Gasteiger partial charge on any atom is -0.327 e. The minimum atomic E-state index is 0.263. The molecule has 2 rings (SSSR count). The monoisotopic (exact) mass is 197 g/mol. The molecule has 4 heteroatoms. The van der Waals surface area contributed by atoms with Crippen molar-refractivity contribution in [3.8, 4) is 0 Å². The molecule has 0 spiro atoms. The van der Waals surface area contributed by atoms with E-state index in [1.165, 1.54) is 18.0 Å². The fourth-order valence-electron chi connectivity index (χ4n) is 1.90. The molecule has 13 heavy (non-hydrogen) atoms. The summed E-state index contributed by atoms with van der Waals surface area (Å²) in [5.41, 5.74) is 7.59. The quantitative estimate of drug-likeness (QED) is 0.798. The lowest BCUT2D eigenvalue weighted by molar-refractivity contribution is 0.473. The molecule has 72 valence electrons. The second-order valence-electron chi connectivity index (χ2n) is 4.56. The van der Waals surface area contributed by atoms with E-state index in [1.54, 1.807) is 0 Å². The van der Waals surface area contributed by atoms with Crippen molar-refractivity contribution < 1.29 is 0 Å². The summed E-state index contributed by atoms with van der Waals surface area (Å²) >= 11 is 1.40. The van der Waals surface area contributed by atoms with Gasteiger partial charge in [-0.25, -0.2) is 0 Å². The molecule has 1 aromatic rings. The summed E-state index contributed by atoms with van der Waals surface area (Å²) in [5.74, 6) is 0.675. The zero-order chi connectivity index (χ0) is 9.47. The smallest absolute Gasteiger partial charge is 0.0771 e. The van der Waals surface area contributed by atoms with Crippen molar-refractivity contribution in [1.29, 1.82) is 0 Å². The summed E-state index contributed by atoms with van der Waals surface area (Å²) in [7, 11) is 0. The SMILES string of the molecule is CC1(C)CC1C(N)Cc1csnn1. The number of aromatic nitrogens is 2. The molecule has 1 heterocycles. The third-order valence-electron chi connectivity index (χ3n) is 2.96. The summed E-state index contributed by atoms with van der Waals surface area (Å²) in [6.45, 7) is 4.55. The Balaban J connectivity index is 1.90. The van der Waals surface area contributed by atoms with E-state index in [0.29, 0.717) is 11.3 Å². The molecule has 3 nitrogen and oxygen atoms in total. The van der Waals surface area contributed by atoms with Gasteiger partial charge in [-0.2, -0.15) is 0 Å². The van der Waals surface area contributed by atoms with Crippen LogP contribution in [-0.4, -0.2) is 15.6 Å². The Morgan fingerprint density at radius 2 is 2.46 bits per heavy atom. The van der Waals surface area contributed by atoms with Crippen molar-refractivity contribution in [2.45, 2.75) is 32.7 Å². The average molecular weight is 197 g/mol. The highest BCUT2D eigenvalue weighted by Crippen LogP contribution is 2.53. The molecule has 0 radical (unpaired) electrons. The Morgan fingerprint density at radius 3 is 2.92 bits per heavy atom. The minimum absolute atomic E-state index is 0.263. The molecule has 1 aromatic heterocycles. The second-order valence-corrected chi connectivity index (χ2v) is 5.17. The number of hydrogen-bond donors (Lipinski definition) is 1. The van der Waals surface area contributed by atoms with Crippen LogP contribution >= 0.6 is 11.5 Å². The molecule has 1 saturated carbocycles. The van der Waals surface area contributed by atoms with Gasteiger partial charge in [0.1, 0.15) is 0 Å². The first-order valence-corrected chi connectivity index (χ1v) is 5.45. The third kappa shape index (κ3) is 1.89. The van der Waals surface area contributed by atoms with Gasteiger partial charge < -0.3 is 5.73 Å². The number of nitrogens with two attached hydrogens (primary N) is 1. The van der Waals surface area contributed by atoms with Crippen LogP contribution in [-0.2, 0) is 6.42 Å². The Kier molecular flexibility index (Phi) is 2.12. The van der Waals surface area contributed by atoms with E-state index in [0.717, 1.165) is 12.1 Å². The van der Waals surface area contributed by atoms with Gasteiger partial charge in [-0.1, -0.05) is 18.3 Å². The molecule has 2 unspecified atom stereocenters. The van der Waals surface area contributed by atoms with Gasteiger partial charge in [-0.15, -0.1) is 5.10 Å². The van der Waals surface area contributed by atoms with Crippen LogP contribution in [0.2, 0.25) is 0 Å². The van der Waals surface area contributed by atoms with Gasteiger partial charge in [0.15, 0.2) is 0 Å². The van der Waals surface area contributed by atoms with Crippen molar-refractivity contribution in [2.24, 2.45) is 17.1 Å². The first-order chi connectivity index (χ1) is 6.09. The standard InChI is InChI=1S/C9H15N3S/c1-9(2)4-7(9)8(10)3-6-5-13-12-11-6/h5,7-8H,3-4,10H2,1-2H3. The van der Waals surface area contributed by atoms with Crippen LogP contribution in [0, 0.1) is 11.3 Å². The van der Waals surface area contributed by atoms with Crippen molar-refractivity contribution >= 4 is 11.5 Å². The van der Waals surface area contributed by atoms with E-state index >= 15 is 0 Å². The van der Waals surface area contributed by atoms with E-state index < -0.39 is 0 Å². The van der Waals surface area contributed by atoms with Crippen LogP contribution in [0.1, 0.15) is 26.0 Å². The van der Waals surface area contributed by atoms with Crippen molar-refractivity contribution in [3.63, 3.8) is 0 Å². The lowest BCUT2D eigenvalue weighted by Crippen LogP contribution is -2.27. The first-order valence-electron chi connectivity index (χ1n) is 4.61. The summed E-state index contributed by atoms with van der Waals surface area (Å²) in [4.78, 5) is 0. The fourth-order valence-corrected chi connectivity index (χ4v) is 2.36. The van der Waals surface area contributed by atoms with E-state index in [4.69, 9.17) is 5.73 Å². The Hall–Kier alpha value is -0.480. The molecule has 1 aliphatic rings. The second kappa shape index (κ2) is 3.03. The van der Waals surface area contributed by atoms with Crippen LogP contribution in [0.3, 0.4) is 0 Å². The molecular formula is C9H15N3S. The predicted molar refractivity (Wildman–Crippen MR) is 53.5 cm³/mol. The molecule has 2 atom stereocenters. The van der Waals surface area contributed by atoms with Crippen LogP contribution in [0.5, 0.6) is 0 Å². The summed E-state index contributed by atoms with van der Waals surface area (Å²) < 4.78 is 3.83. The third-order valence-corrected chi connectivity index (χ3v) is 3.51. The molecule has 0 aromatic carbocycles. The maximum absolute atomic E-state index is 6.08. The van der Waals surface area contributed by atoms with E-state index in [1.807, 2.05) is 5.38 Å². The molecule has 0 bridgehead atoms. The van der Waals surface area contributed by atoms with Gasteiger partial charge in [0.25, 0.3) is 0 Å². The average Bonchev–Trinajstić information content (AvgIpc) is 2.49. The highest BCUT2D eigenvalue weighted by Gasteiger charge is 2.48. The number of rotatable bonds is 3. The van der Waals surface area contributed by atoms with E-state index in [9.17, 15) is 0 Å². The first kappa shape index (κ1) is 9.09. The van der Waals surface area contributed by atoms with E-state index in [-0.39, 0.29) is 6.04 Å². The van der Waals surface area contributed by atoms with Gasteiger partial charge in [0.05, 0.1) is 5.69 Å². The van der Waals surface area contributed by atoms with Crippen LogP contribution in [0.4, 0.5) is 0 Å². The van der Waals surface area contributed by atoms with Gasteiger partial charge in [0, 0.05) is 17.8 Å². The molecule has 0 amide bonds. The van der Waals surface area contributed by atoms with Crippen molar-refractivity contribution in [1.82, 2.24) is 9.59 Å². The number of nitrogens with zero attached hydrogens (tertiary/aromatic N) is 2. The van der Waals surface area contributed by atoms with Gasteiger partial charge >= 0.3 is 0 Å².